The molecule has 0 aliphatic heterocycles. The first-order valence-electron chi connectivity index (χ1n) is 5.06. The molecule has 0 amide bonds. The molecule has 0 saturated carbocycles. The maximum atomic E-state index is 13.0. The zero-order valence-electron chi connectivity index (χ0n) is 9.53. The predicted molar refractivity (Wildman–Crippen MR) is 60.4 cm³/mol. The van der Waals surface area contributed by atoms with Crippen molar-refractivity contribution < 1.29 is 17.0 Å². The lowest BCUT2D eigenvalue weighted by molar-refractivity contribution is 0.470. The summed E-state index contributed by atoms with van der Waals surface area (Å²) in [6, 6.07) is 3.87. The van der Waals surface area contributed by atoms with Crippen molar-refractivity contribution in [1.29, 1.82) is 0 Å². The summed E-state index contributed by atoms with van der Waals surface area (Å²) in [5.74, 6) is -0.229. The number of rotatable bonds is 4. The summed E-state index contributed by atoms with van der Waals surface area (Å²) in [4.78, 5) is 0. The van der Waals surface area contributed by atoms with Gasteiger partial charge < -0.3 is 4.18 Å². The third kappa shape index (κ3) is 2.95. The Kier molecular flexibility index (Phi) is 3.91. The predicted octanol–water partition coefficient (Wildman–Crippen LogP) is 2.64. The van der Waals surface area contributed by atoms with Crippen LogP contribution in [0.25, 0.3) is 0 Å². The van der Waals surface area contributed by atoms with E-state index in [4.69, 9.17) is 4.18 Å². The molecule has 1 atom stereocenters. The van der Waals surface area contributed by atoms with Gasteiger partial charge in [-0.25, -0.2) is 4.39 Å². The minimum atomic E-state index is -3.62. The maximum Gasteiger partial charge on any atom is 0.311 e. The van der Waals surface area contributed by atoms with Gasteiger partial charge in [0.05, 0.1) is 5.25 Å². The minimum absolute atomic E-state index is 0.152. The van der Waals surface area contributed by atoms with E-state index in [0.717, 1.165) is 0 Å². The molecule has 0 bridgehead atoms. The molecule has 0 saturated heterocycles. The molecule has 0 N–H and O–H groups in total. The van der Waals surface area contributed by atoms with Crippen molar-refractivity contribution in [2.24, 2.45) is 0 Å². The Balaban J connectivity index is 2.93. The highest BCUT2D eigenvalue weighted by Crippen LogP contribution is 2.19. The summed E-state index contributed by atoms with van der Waals surface area (Å²) in [5.41, 5.74) is 0.358. The zero-order chi connectivity index (χ0) is 12.3. The first kappa shape index (κ1) is 13.0. The molecule has 0 heterocycles. The monoisotopic (exact) mass is 246 g/mol. The highest BCUT2D eigenvalue weighted by atomic mass is 32.2. The van der Waals surface area contributed by atoms with E-state index in [9.17, 15) is 12.8 Å². The van der Waals surface area contributed by atoms with Crippen LogP contribution in [0, 0.1) is 12.7 Å². The minimum Gasteiger partial charge on any atom is -0.382 e. The van der Waals surface area contributed by atoms with Crippen LogP contribution < -0.4 is 4.18 Å². The quantitative estimate of drug-likeness (QED) is 0.767. The van der Waals surface area contributed by atoms with Gasteiger partial charge in [-0.15, -0.1) is 0 Å². The SMILES string of the molecule is CCC(C)S(=O)(=O)Oc1ccc(F)c(C)c1. The zero-order valence-corrected chi connectivity index (χ0v) is 10.3. The van der Waals surface area contributed by atoms with Crippen LogP contribution >= 0.6 is 0 Å². The molecule has 1 rings (SSSR count). The van der Waals surface area contributed by atoms with E-state index in [1.165, 1.54) is 18.2 Å². The van der Waals surface area contributed by atoms with Crippen LogP contribution in [0.5, 0.6) is 5.75 Å². The molecule has 0 aliphatic carbocycles. The molecule has 1 aromatic carbocycles. The topological polar surface area (TPSA) is 43.4 Å². The molecule has 0 spiro atoms. The van der Waals surface area contributed by atoms with E-state index in [-0.39, 0.29) is 11.6 Å². The highest BCUT2D eigenvalue weighted by molar-refractivity contribution is 7.87. The van der Waals surface area contributed by atoms with Gasteiger partial charge in [0, 0.05) is 0 Å². The Morgan fingerprint density at radius 3 is 2.56 bits per heavy atom. The van der Waals surface area contributed by atoms with Gasteiger partial charge >= 0.3 is 10.1 Å². The second-order valence-corrected chi connectivity index (χ2v) is 5.66. The Morgan fingerprint density at radius 1 is 1.44 bits per heavy atom. The molecule has 16 heavy (non-hydrogen) atoms. The Labute approximate surface area is 95.4 Å². The lowest BCUT2D eigenvalue weighted by Crippen LogP contribution is -2.22. The van der Waals surface area contributed by atoms with E-state index in [1.807, 2.05) is 0 Å². The molecule has 0 fully saturated rings. The lowest BCUT2D eigenvalue weighted by Gasteiger charge is -2.12. The van der Waals surface area contributed by atoms with E-state index in [2.05, 4.69) is 0 Å². The van der Waals surface area contributed by atoms with Gasteiger partial charge in [0.1, 0.15) is 11.6 Å². The van der Waals surface area contributed by atoms with E-state index < -0.39 is 15.4 Å². The molecule has 5 heteroatoms. The highest BCUT2D eigenvalue weighted by Gasteiger charge is 2.21. The largest absolute Gasteiger partial charge is 0.382 e. The molecular weight excluding hydrogens is 231 g/mol. The van der Waals surface area contributed by atoms with Crippen molar-refractivity contribution >= 4 is 10.1 Å². The van der Waals surface area contributed by atoms with Crippen molar-refractivity contribution in [3.05, 3.63) is 29.6 Å². The fraction of sp³-hybridized carbons (Fsp3) is 0.455. The molecule has 1 unspecified atom stereocenters. The van der Waals surface area contributed by atoms with Gasteiger partial charge in [0.2, 0.25) is 0 Å². The van der Waals surface area contributed by atoms with Crippen LogP contribution in [0.15, 0.2) is 18.2 Å². The summed E-state index contributed by atoms with van der Waals surface area (Å²) in [7, 11) is -3.62. The Morgan fingerprint density at radius 2 is 2.06 bits per heavy atom. The van der Waals surface area contributed by atoms with E-state index >= 15 is 0 Å². The standard InChI is InChI=1S/C11H15FO3S/c1-4-9(3)16(13,14)15-10-5-6-11(12)8(2)7-10/h5-7,9H,4H2,1-3H3. The summed E-state index contributed by atoms with van der Waals surface area (Å²) < 4.78 is 41.1. The molecule has 1 aromatic rings. The van der Waals surface area contributed by atoms with Crippen LogP contribution in [0.3, 0.4) is 0 Å². The number of hydrogen-bond acceptors (Lipinski definition) is 3. The van der Waals surface area contributed by atoms with Gasteiger partial charge in [-0.1, -0.05) is 6.92 Å². The summed E-state index contributed by atoms with van der Waals surface area (Å²) in [5, 5.41) is -0.571. The second-order valence-electron chi connectivity index (χ2n) is 3.71. The van der Waals surface area contributed by atoms with Crippen LogP contribution in [-0.2, 0) is 10.1 Å². The van der Waals surface area contributed by atoms with Crippen LogP contribution in [-0.4, -0.2) is 13.7 Å². The normalized spacial score (nSPS) is 13.5. The smallest absolute Gasteiger partial charge is 0.311 e. The summed E-state index contributed by atoms with van der Waals surface area (Å²) >= 11 is 0. The van der Waals surface area contributed by atoms with Crippen molar-refractivity contribution in [1.82, 2.24) is 0 Å². The van der Waals surface area contributed by atoms with Gasteiger partial charge in [0.15, 0.2) is 0 Å². The average Bonchev–Trinajstić information content (AvgIpc) is 2.22. The molecular formula is C11H15FO3S. The second kappa shape index (κ2) is 4.82. The van der Waals surface area contributed by atoms with Crippen LogP contribution in [0.4, 0.5) is 4.39 Å². The summed E-state index contributed by atoms with van der Waals surface area (Å²) in [6.45, 7) is 4.89. The fourth-order valence-electron chi connectivity index (χ4n) is 1.09. The van der Waals surface area contributed by atoms with E-state index in [1.54, 1.807) is 20.8 Å². The number of benzene rings is 1. The lowest BCUT2D eigenvalue weighted by atomic mass is 10.2. The van der Waals surface area contributed by atoms with E-state index in [0.29, 0.717) is 12.0 Å². The molecule has 0 aliphatic rings. The molecule has 0 radical (unpaired) electrons. The van der Waals surface area contributed by atoms with Gasteiger partial charge in [-0.05, 0) is 44.0 Å². The van der Waals surface area contributed by atoms with Crippen LogP contribution in [0.2, 0.25) is 0 Å². The molecule has 0 aromatic heterocycles. The third-order valence-corrected chi connectivity index (χ3v) is 4.15. The first-order chi connectivity index (χ1) is 7.36. The van der Waals surface area contributed by atoms with Gasteiger partial charge in [-0.3, -0.25) is 0 Å². The first-order valence-corrected chi connectivity index (χ1v) is 6.53. The van der Waals surface area contributed by atoms with Crippen LogP contribution in [0.1, 0.15) is 25.8 Å². The van der Waals surface area contributed by atoms with Crippen molar-refractivity contribution in [2.75, 3.05) is 0 Å². The van der Waals surface area contributed by atoms with Crippen molar-refractivity contribution in [3.63, 3.8) is 0 Å². The Bertz CT molecular complexity index is 468. The summed E-state index contributed by atoms with van der Waals surface area (Å²) in [6.07, 6.45) is 0.475. The third-order valence-electron chi connectivity index (χ3n) is 2.41. The molecule has 90 valence electrons. The number of hydrogen-bond donors (Lipinski definition) is 0. The molecule has 3 nitrogen and oxygen atoms in total. The number of aryl methyl sites for hydroxylation is 1. The van der Waals surface area contributed by atoms with Gasteiger partial charge in [0.25, 0.3) is 0 Å². The maximum absolute atomic E-state index is 13.0. The van der Waals surface area contributed by atoms with Crippen molar-refractivity contribution in [3.8, 4) is 5.75 Å². The Hall–Kier alpha value is -1.10. The number of halogens is 1. The fourth-order valence-corrected chi connectivity index (χ4v) is 2.03. The van der Waals surface area contributed by atoms with Crippen molar-refractivity contribution in [2.45, 2.75) is 32.4 Å². The van der Waals surface area contributed by atoms with Gasteiger partial charge in [-0.2, -0.15) is 8.42 Å². The average molecular weight is 246 g/mol.